The Labute approximate surface area is 344 Å². The van der Waals surface area contributed by atoms with Crippen molar-refractivity contribution >= 4 is 23.6 Å². The van der Waals surface area contributed by atoms with E-state index in [0.717, 1.165) is 25.7 Å². The van der Waals surface area contributed by atoms with Gasteiger partial charge in [0.05, 0.1) is 14.2 Å². The zero-order chi connectivity index (χ0) is 42.8. The fourth-order valence-corrected chi connectivity index (χ4v) is 7.14. The highest BCUT2D eigenvalue weighted by Gasteiger charge is 2.39. The maximum Gasteiger partial charge on any atom is 0.251 e. The van der Waals surface area contributed by atoms with Crippen molar-refractivity contribution in [1.29, 1.82) is 0 Å². The molecule has 10 nitrogen and oxygen atoms in total. The number of carbonyl (C=O) groups excluding carboxylic acids is 4. The van der Waals surface area contributed by atoms with Crippen molar-refractivity contribution in [1.82, 2.24) is 21.3 Å². The third-order valence-electron chi connectivity index (χ3n) is 11.0. The average molecular weight is 809 g/mol. The van der Waals surface area contributed by atoms with Gasteiger partial charge in [0.2, 0.25) is 0 Å². The monoisotopic (exact) mass is 808 g/mol. The largest absolute Gasteiger partial charge is 0.496 e. The predicted molar refractivity (Wildman–Crippen MR) is 224 cm³/mol. The molecular formula is C47H54F2N4O6. The molecule has 3 unspecified atom stereocenters. The Morgan fingerprint density at radius 1 is 0.678 bits per heavy atom. The van der Waals surface area contributed by atoms with Crippen molar-refractivity contribution in [3.8, 4) is 33.8 Å². The van der Waals surface area contributed by atoms with Crippen LogP contribution in [0.2, 0.25) is 0 Å². The summed E-state index contributed by atoms with van der Waals surface area (Å²) in [6.07, 6.45) is 3.35. The van der Waals surface area contributed by atoms with Gasteiger partial charge in [0.15, 0.2) is 0 Å². The molecule has 0 heterocycles. The number of hydrogen-bond donors (Lipinski definition) is 4. The quantitative estimate of drug-likeness (QED) is 0.0958. The fourth-order valence-electron chi connectivity index (χ4n) is 7.14. The van der Waals surface area contributed by atoms with E-state index in [2.05, 4.69) is 21.3 Å². The Hall–Kier alpha value is -5.78. The molecule has 2 aliphatic rings. The molecule has 0 saturated heterocycles. The van der Waals surface area contributed by atoms with Gasteiger partial charge in [0, 0.05) is 58.6 Å². The first-order valence-electron chi connectivity index (χ1n) is 20.1. The predicted octanol–water partition coefficient (Wildman–Crippen LogP) is 8.18. The summed E-state index contributed by atoms with van der Waals surface area (Å²) in [7, 11) is 2.96. The molecule has 4 N–H and O–H groups in total. The molecule has 0 aliphatic heterocycles. The lowest BCUT2D eigenvalue weighted by molar-refractivity contribution is 0.0932. The van der Waals surface area contributed by atoms with E-state index in [1.807, 2.05) is 27.7 Å². The lowest BCUT2D eigenvalue weighted by atomic mass is 9.95. The van der Waals surface area contributed by atoms with Crippen molar-refractivity contribution < 1.29 is 37.4 Å². The zero-order valence-electron chi connectivity index (χ0n) is 35.0. The molecule has 6 rings (SSSR count). The van der Waals surface area contributed by atoms with E-state index in [4.69, 9.17) is 9.47 Å². The molecule has 0 aromatic heterocycles. The lowest BCUT2D eigenvalue weighted by Crippen LogP contribution is -2.32. The normalized spacial score (nSPS) is 16.4. The van der Waals surface area contributed by atoms with Gasteiger partial charge >= 0.3 is 0 Å². The second kappa shape index (κ2) is 17.6. The minimum absolute atomic E-state index is 0.0859. The smallest absolute Gasteiger partial charge is 0.251 e. The van der Waals surface area contributed by atoms with Crippen LogP contribution in [0.15, 0.2) is 60.7 Å². The van der Waals surface area contributed by atoms with Crippen molar-refractivity contribution in [3.05, 3.63) is 106 Å². The Morgan fingerprint density at radius 2 is 1.17 bits per heavy atom. The van der Waals surface area contributed by atoms with E-state index in [-0.39, 0.29) is 64.1 Å². The van der Waals surface area contributed by atoms with Crippen molar-refractivity contribution in [2.24, 2.45) is 17.3 Å². The third kappa shape index (κ3) is 10.5. The van der Waals surface area contributed by atoms with E-state index in [0.29, 0.717) is 69.1 Å². The molecule has 0 radical (unpaired) electrons. The van der Waals surface area contributed by atoms with Gasteiger partial charge in [-0.15, -0.1) is 0 Å². The molecule has 312 valence electrons. The maximum atomic E-state index is 15.3. The molecule has 0 bridgehead atoms. The maximum absolute atomic E-state index is 15.3. The average Bonchev–Trinajstić information content (AvgIpc) is 4.15. The first-order chi connectivity index (χ1) is 28.0. The standard InChI is InChI=1S/C47H54F2N4O6/c1-25(23-50-43(54)28-9-13-34(41(21-28)58-7)36-16-31(18-38(48)26(36)2)45(56)52-33-11-12-33)15-30-20-40(30)53-46(57)32-17-37(27(3)39(49)19-32)35-14-10-29(22-42(35)59-8)44(55)51-24-47(4,5)6/h9-10,13-14,16-19,21-22,25,30,33,40H,11-12,15,20,23-24H2,1-8H3,(H,50,54)(H,51,55)(H,52,56)(H,53,57). The molecule has 3 atom stereocenters. The summed E-state index contributed by atoms with van der Waals surface area (Å²) in [5, 5.41) is 11.8. The Balaban J connectivity index is 1.04. The molecule has 4 aromatic carbocycles. The molecule has 59 heavy (non-hydrogen) atoms. The van der Waals surface area contributed by atoms with E-state index >= 15 is 4.39 Å². The summed E-state index contributed by atoms with van der Waals surface area (Å²) >= 11 is 0. The number of hydrogen-bond acceptors (Lipinski definition) is 6. The Morgan fingerprint density at radius 3 is 1.64 bits per heavy atom. The number of halogens is 2. The van der Waals surface area contributed by atoms with Gasteiger partial charge in [-0.25, -0.2) is 8.78 Å². The summed E-state index contributed by atoms with van der Waals surface area (Å²) in [5.74, 6) is -1.24. The fraction of sp³-hybridized carbons (Fsp3) is 0.404. The van der Waals surface area contributed by atoms with E-state index in [1.165, 1.54) is 26.4 Å². The highest BCUT2D eigenvalue weighted by molar-refractivity contribution is 5.99. The van der Waals surface area contributed by atoms with Gasteiger partial charge in [-0.2, -0.15) is 0 Å². The SMILES string of the molecule is COc1cc(C(=O)NCC(C)CC2CC2NC(=O)c2cc(F)c(C)c(-c3ccc(C(=O)NCC(C)(C)C)cc3OC)c2)ccc1-c1cc(C(=O)NC2CC2)cc(F)c1C. The van der Waals surface area contributed by atoms with Crippen LogP contribution in [0.1, 0.15) is 106 Å². The molecule has 2 saturated carbocycles. The number of methoxy groups -OCH3 is 2. The minimum Gasteiger partial charge on any atom is -0.496 e. The zero-order valence-corrected chi connectivity index (χ0v) is 35.0. The second-order valence-electron chi connectivity index (χ2n) is 17.2. The highest BCUT2D eigenvalue weighted by atomic mass is 19.1. The molecule has 0 spiro atoms. The number of benzene rings is 4. The van der Waals surface area contributed by atoms with Gasteiger partial charge in [0.1, 0.15) is 23.1 Å². The van der Waals surface area contributed by atoms with E-state index < -0.39 is 11.6 Å². The number of nitrogens with one attached hydrogen (secondary N) is 4. The van der Waals surface area contributed by atoms with Crippen LogP contribution in [0, 0.1) is 42.7 Å². The van der Waals surface area contributed by atoms with Crippen LogP contribution >= 0.6 is 0 Å². The van der Waals surface area contributed by atoms with Crippen LogP contribution in [0.5, 0.6) is 11.5 Å². The van der Waals surface area contributed by atoms with Crippen LogP contribution in [-0.2, 0) is 0 Å². The second-order valence-corrected chi connectivity index (χ2v) is 17.2. The van der Waals surface area contributed by atoms with Gasteiger partial charge in [-0.05, 0) is 140 Å². The molecule has 2 aliphatic carbocycles. The Bertz CT molecular complexity index is 2280. The topological polar surface area (TPSA) is 135 Å². The summed E-state index contributed by atoms with van der Waals surface area (Å²) in [6, 6.07) is 15.8. The Kier molecular flexibility index (Phi) is 12.8. The number of carbonyl (C=O) groups is 4. The first kappa shape index (κ1) is 42.8. The summed E-state index contributed by atoms with van der Waals surface area (Å²) < 4.78 is 41.5. The highest BCUT2D eigenvalue weighted by Crippen LogP contribution is 2.39. The van der Waals surface area contributed by atoms with Gasteiger partial charge < -0.3 is 30.7 Å². The molecule has 12 heteroatoms. The molecule has 4 amide bonds. The number of rotatable bonds is 15. The molecule has 4 aromatic rings. The summed E-state index contributed by atoms with van der Waals surface area (Å²) in [5.41, 5.74) is 3.93. The van der Waals surface area contributed by atoms with Gasteiger partial charge in [-0.3, -0.25) is 19.2 Å². The first-order valence-corrected chi connectivity index (χ1v) is 20.1. The number of amides is 4. The number of ether oxygens (including phenoxy) is 2. The van der Waals surface area contributed by atoms with Crippen LogP contribution < -0.4 is 30.7 Å². The van der Waals surface area contributed by atoms with Gasteiger partial charge in [-0.1, -0.05) is 27.7 Å². The van der Waals surface area contributed by atoms with Gasteiger partial charge in [0.25, 0.3) is 23.6 Å². The lowest BCUT2D eigenvalue weighted by Gasteiger charge is -2.19. The summed E-state index contributed by atoms with van der Waals surface area (Å²) in [4.78, 5) is 52.2. The van der Waals surface area contributed by atoms with Crippen LogP contribution in [-0.4, -0.2) is 63.0 Å². The van der Waals surface area contributed by atoms with Crippen LogP contribution in [0.25, 0.3) is 22.3 Å². The van der Waals surface area contributed by atoms with E-state index in [1.54, 1.807) is 62.4 Å². The molecular weight excluding hydrogens is 755 g/mol. The van der Waals surface area contributed by atoms with Crippen LogP contribution in [0.3, 0.4) is 0 Å². The van der Waals surface area contributed by atoms with Crippen molar-refractivity contribution in [3.63, 3.8) is 0 Å². The van der Waals surface area contributed by atoms with Crippen LogP contribution in [0.4, 0.5) is 8.78 Å². The molecule has 2 fully saturated rings. The van der Waals surface area contributed by atoms with Crippen molar-refractivity contribution in [2.45, 2.75) is 79.3 Å². The van der Waals surface area contributed by atoms with Crippen molar-refractivity contribution in [2.75, 3.05) is 27.3 Å². The third-order valence-corrected chi connectivity index (χ3v) is 11.0. The minimum atomic E-state index is -0.530. The summed E-state index contributed by atoms with van der Waals surface area (Å²) in [6.45, 7) is 12.3. The van der Waals surface area contributed by atoms with E-state index in [9.17, 15) is 23.6 Å².